The van der Waals surface area contributed by atoms with Gasteiger partial charge in [0, 0.05) is 18.5 Å². The van der Waals surface area contributed by atoms with Crippen LogP contribution in [0.4, 0.5) is 0 Å². The number of nitrogens with zero attached hydrogens (tertiary/aromatic N) is 3. The Labute approximate surface area is 180 Å². The Morgan fingerprint density at radius 2 is 1.55 bits per heavy atom. The third kappa shape index (κ3) is 3.05. The summed E-state index contributed by atoms with van der Waals surface area (Å²) in [6.45, 7) is 4.35. The Balaban J connectivity index is 1.79. The van der Waals surface area contributed by atoms with Gasteiger partial charge in [0.05, 0.1) is 12.2 Å². The second-order valence-corrected chi connectivity index (χ2v) is 8.64. The van der Waals surface area contributed by atoms with E-state index in [1.165, 1.54) is 22.3 Å². The van der Waals surface area contributed by atoms with Crippen molar-refractivity contribution in [2.45, 2.75) is 44.7 Å². The SMILES string of the molecule is CC(C)N1C[C@H](C2c3ccccc3CCc3ccccc32)n2ncc(=O)c(O)c2C1=O. The monoisotopic (exact) mass is 415 g/mol. The largest absolute Gasteiger partial charge is 0.502 e. The molecule has 1 aromatic heterocycles. The number of amides is 1. The molecule has 1 aliphatic heterocycles. The summed E-state index contributed by atoms with van der Waals surface area (Å²) in [5, 5.41) is 14.9. The zero-order valence-corrected chi connectivity index (χ0v) is 17.7. The molecule has 2 aromatic carbocycles. The van der Waals surface area contributed by atoms with Crippen molar-refractivity contribution in [3.8, 4) is 5.75 Å². The smallest absolute Gasteiger partial charge is 0.276 e. The van der Waals surface area contributed by atoms with E-state index in [0.29, 0.717) is 6.54 Å². The normalized spacial score (nSPS) is 18.4. The first kappa shape index (κ1) is 19.5. The minimum atomic E-state index is -0.634. The fraction of sp³-hybridized carbons (Fsp3) is 0.320. The highest BCUT2D eigenvalue weighted by molar-refractivity contribution is 5.96. The van der Waals surface area contributed by atoms with Crippen molar-refractivity contribution in [1.29, 1.82) is 0 Å². The van der Waals surface area contributed by atoms with E-state index in [9.17, 15) is 14.7 Å². The summed E-state index contributed by atoms with van der Waals surface area (Å²) >= 11 is 0. The van der Waals surface area contributed by atoms with Crippen LogP contribution in [0.2, 0.25) is 0 Å². The Morgan fingerprint density at radius 1 is 0.968 bits per heavy atom. The summed E-state index contributed by atoms with van der Waals surface area (Å²) in [4.78, 5) is 27.1. The molecule has 0 bridgehead atoms. The molecule has 3 aromatic rings. The van der Waals surface area contributed by atoms with Crippen LogP contribution in [-0.4, -0.2) is 38.3 Å². The molecule has 1 atom stereocenters. The number of benzene rings is 2. The molecule has 2 aliphatic rings. The molecule has 31 heavy (non-hydrogen) atoms. The third-order valence-corrected chi connectivity index (χ3v) is 6.60. The lowest BCUT2D eigenvalue weighted by Gasteiger charge is -2.41. The van der Waals surface area contributed by atoms with E-state index in [1.54, 1.807) is 9.58 Å². The topological polar surface area (TPSA) is 75.4 Å². The van der Waals surface area contributed by atoms with Gasteiger partial charge >= 0.3 is 0 Å². The average Bonchev–Trinajstić information content (AvgIpc) is 2.93. The Bertz CT molecular complexity index is 1180. The highest BCUT2D eigenvalue weighted by atomic mass is 16.3. The molecule has 158 valence electrons. The fourth-order valence-electron chi connectivity index (χ4n) is 5.08. The molecule has 2 heterocycles. The number of aromatic nitrogens is 2. The molecule has 1 amide bonds. The van der Waals surface area contributed by atoms with E-state index in [1.807, 2.05) is 26.0 Å². The minimum Gasteiger partial charge on any atom is -0.502 e. The number of hydrogen-bond donors (Lipinski definition) is 1. The summed E-state index contributed by atoms with van der Waals surface area (Å²) in [5.74, 6) is -0.938. The second kappa shape index (κ2) is 7.38. The van der Waals surface area contributed by atoms with Gasteiger partial charge in [0.1, 0.15) is 0 Å². The lowest BCUT2D eigenvalue weighted by molar-refractivity contribution is 0.0570. The molecule has 1 N–H and O–H groups in total. The number of rotatable bonds is 2. The van der Waals surface area contributed by atoms with Gasteiger partial charge in [-0.1, -0.05) is 48.5 Å². The number of hydrogen-bond acceptors (Lipinski definition) is 4. The Hall–Kier alpha value is -3.41. The summed E-state index contributed by atoms with van der Waals surface area (Å²) < 4.78 is 1.58. The minimum absolute atomic E-state index is 0.0170. The van der Waals surface area contributed by atoms with E-state index >= 15 is 0 Å². The van der Waals surface area contributed by atoms with Crippen LogP contribution in [0.5, 0.6) is 5.75 Å². The first-order valence-corrected chi connectivity index (χ1v) is 10.7. The van der Waals surface area contributed by atoms with Crippen LogP contribution in [0.25, 0.3) is 0 Å². The fourth-order valence-corrected chi connectivity index (χ4v) is 5.08. The summed E-state index contributed by atoms with van der Waals surface area (Å²) in [5.41, 5.74) is 4.33. The van der Waals surface area contributed by atoms with Gasteiger partial charge in [-0.2, -0.15) is 5.10 Å². The van der Waals surface area contributed by atoms with Gasteiger partial charge in [-0.15, -0.1) is 0 Å². The van der Waals surface area contributed by atoms with Crippen molar-refractivity contribution >= 4 is 5.91 Å². The molecule has 1 aliphatic carbocycles. The molecular formula is C25H25N3O3. The molecule has 0 saturated carbocycles. The van der Waals surface area contributed by atoms with Crippen molar-refractivity contribution in [2.75, 3.05) is 6.54 Å². The molecule has 6 nitrogen and oxygen atoms in total. The second-order valence-electron chi connectivity index (χ2n) is 8.64. The van der Waals surface area contributed by atoms with Crippen LogP contribution < -0.4 is 5.43 Å². The first-order chi connectivity index (χ1) is 15.0. The molecular weight excluding hydrogens is 390 g/mol. The van der Waals surface area contributed by atoms with Gasteiger partial charge in [-0.25, -0.2) is 0 Å². The number of aromatic hydroxyl groups is 1. The zero-order valence-electron chi connectivity index (χ0n) is 17.7. The van der Waals surface area contributed by atoms with E-state index < -0.39 is 11.2 Å². The van der Waals surface area contributed by atoms with Crippen molar-refractivity contribution < 1.29 is 9.90 Å². The predicted molar refractivity (Wildman–Crippen MR) is 118 cm³/mol. The summed E-state index contributed by atoms with van der Waals surface area (Å²) in [6.07, 6.45) is 3.00. The Morgan fingerprint density at radius 3 is 2.13 bits per heavy atom. The number of aryl methyl sites for hydroxylation is 2. The van der Waals surface area contributed by atoms with Crippen molar-refractivity contribution in [2.24, 2.45) is 0 Å². The zero-order chi connectivity index (χ0) is 21.7. The number of carbonyl (C=O) groups is 1. The summed E-state index contributed by atoms with van der Waals surface area (Å²) in [7, 11) is 0. The standard InChI is InChI=1S/C25H25N3O3/c1-15(2)27-14-20(28-23(25(27)31)24(30)21(29)13-26-28)22-18-9-5-3-7-16(18)11-12-17-8-4-6-10-19(17)22/h3-10,13,15,20,22,30H,11-12,14H2,1-2H3/t20-/m1/s1. The van der Waals surface area contributed by atoms with Gasteiger partial charge in [0.25, 0.3) is 5.91 Å². The predicted octanol–water partition coefficient (Wildman–Crippen LogP) is 3.28. The molecule has 0 fully saturated rings. The van der Waals surface area contributed by atoms with Gasteiger partial charge in [-0.3, -0.25) is 14.3 Å². The van der Waals surface area contributed by atoms with E-state index in [2.05, 4.69) is 41.5 Å². The highest BCUT2D eigenvalue weighted by Crippen LogP contribution is 2.43. The lowest BCUT2D eigenvalue weighted by Crippen LogP contribution is -2.49. The van der Waals surface area contributed by atoms with Crippen LogP contribution in [-0.2, 0) is 12.8 Å². The van der Waals surface area contributed by atoms with Crippen molar-refractivity contribution in [3.63, 3.8) is 0 Å². The van der Waals surface area contributed by atoms with E-state index in [0.717, 1.165) is 19.0 Å². The maximum Gasteiger partial charge on any atom is 0.276 e. The molecule has 0 radical (unpaired) electrons. The number of carbonyl (C=O) groups excluding carboxylic acids is 1. The molecule has 5 rings (SSSR count). The maximum absolute atomic E-state index is 13.2. The number of fused-ring (bicyclic) bond motifs is 3. The third-order valence-electron chi connectivity index (χ3n) is 6.60. The lowest BCUT2D eigenvalue weighted by atomic mass is 9.81. The quantitative estimate of drug-likeness (QED) is 0.697. The molecule has 0 unspecified atom stereocenters. The van der Waals surface area contributed by atoms with Crippen LogP contribution in [0.1, 0.15) is 58.5 Å². The van der Waals surface area contributed by atoms with Crippen LogP contribution in [0.3, 0.4) is 0 Å². The van der Waals surface area contributed by atoms with Gasteiger partial charge in [0.2, 0.25) is 5.43 Å². The molecule has 6 heteroatoms. The first-order valence-electron chi connectivity index (χ1n) is 10.7. The maximum atomic E-state index is 13.2. The van der Waals surface area contributed by atoms with Crippen molar-refractivity contribution in [3.05, 3.63) is 92.9 Å². The van der Waals surface area contributed by atoms with Gasteiger partial charge in [-0.05, 0) is 48.9 Å². The van der Waals surface area contributed by atoms with E-state index in [-0.39, 0.29) is 29.6 Å². The molecule has 0 saturated heterocycles. The van der Waals surface area contributed by atoms with Gasteiger partial charge < -0.3 is 10.0 Å². The summed E-state index contributed by atoms with van der Waals surface area (Å²) in [6, 6.07) is 16.5. The molecule has 0 spiro atoms. The van der Waals surface area contributed by atoms with Gasteiger partial charge in [0.15, 0.2) is 11.4 Å². The van der Waals surface area contributed by atoms with E-state index in [4.69, 9.17) is 0 Å². The van der Waals surface area contributed by atoms with Crippen molar-refractivity contribution in [1.82, 2.24) is 14.7 Å². The average molecular weight is 415 g/mol. The Kier molecular flexibility index (Phi) is 4.65. The van der Waals surface area contributed by atoms with Crippen LogP contribution >= 0.6 is 0 Å². The highest BCUT2D eigenvalue weighted by Gasteiger charge is 2.41. The van der Waals surface area contributed by atoms with Crippen LogP contribution in [0.15, 0.2) is 59.5 Å². The van der Waals surface area contributed by atoms with Crippen LogP contribution in [0, 0.1) is 0 Å².